The Hall–Kier alpha value is -1.77. The molecule has 7 nitrogen and oxygen atoms in total. The second-order valence-corrected chi connectivity index (χ2v) is 8.99. The van der Waals surface area contributed by atoms with Gasteiger partial charge in [-0.1, -0.05) is 6.92 Å². The Bertz CT molecular complexity index is 832. The summed E-state index contributed by atoms with van der Waals surface area (Å²) in [6.45, 7) is 5.29. The Morgan fingerprint density at radius 1 is 1.26 bits per heavy atom. The predicted molar refractivity (Wildman–Crippen MR) is 103 cm³/mol. The van der Waals surface area contributed by atoms with Gasteiger partial charge in [0.15, 0.2) is 0 Å². The second-order valence-electron chi connectivity index (χ2n) is 7.06. The van der Waals surface area contributed by atoms with E-state index in [1.54, 1.807) is 25.7 Å². The summed E-state index contributed by atoms with van der Waals surface area (Å²) in [4.78, 5) is 10.6. The van der Waals surface area contributed by atoms with Gasteiger partial charge >= 0.3 is 0 Å². The molecule has 27 heavy (non-hydrogen) atoms. The van der Waals surface area contributed by atoms with Gasteiger partial charge in [-0.05, 0) is 43.0 Å². The fourth-order valence-corrected chi connectivity index (χ4v) is 4.97. The number of ether oxygens (including phenoxy) is 1. The standard InChI is InChI=1S/C19H28N4O3S/c1-3-22(13-16-6-8-20-9-7-16)14-18-12-21-19(23(18)10-11-26-2)27(24,25)15-17-4-5-17/h6-9,12,17H,3-5,10-11,13-15H2,1-2H3. The molecule has 8 heteroatoms. The van der Waals surface area contributed by atoms with Crippen molar-refractivity contribution in [1.29, 1.82) is 0 Å². The normalized spacial score (nSPS) is 14.8. The van der Waals surface area contributed by atoms with E-state index < -0.39 is 9.84 Å². The number of pyridine rings is 1. The lowest BCUT2D eigenvalue weighted by atomic mass is 10.2. The van der Waals surface area contributed by atoms with Gasteiger partial charge in [0.25, 0.3) is 0 Å². The molecule has 0 amide bonds. The number of imidazole rings is 1. The molecule has 2 aromatic heterocycles. The first-order valence-corrected chi connectivity index (χ1v) is 11.1. The van der Waals surface area contributed by atoms with Crippen LogP contribution in [0.25, 0.3) is 0 Å². The molecule has 0 aliphatic heterocycles. The van der Waals surface area contributed by atoms with Crippen molar-refractivity contribution in [2.24, 2.45) is 5.92 Å². The molecule has 148 valence electrons. The quantitative estimate of drug-likeness (QED) is 0.583. The third kappa shape index (κ3) is 5.37. The Morgan fingerprint density at radius 2 is 2.00 bits per heavy atom. The lowest BCUT2D eigenvalue weighted by molar-refractivity contribution is 0.181. The average molecular weight is 393 g/mol. The van der Waals surface area contributed by atoms with Crippen LogP contribution in [0.15, 0.2) is 35.9 Å². The molecule has 0 N–H and O–H groups in total. The van der Waals surface area contributed by atoms with Crippen LogP contribution in [0.4, 0.5) is 0 Å². The van der Waals surface area contributed by atoms with Gasteiger partial charge < -0.3 is 9.30 Å². The lowest BCUT2D eigenvalue weighted by Gasteiger charge is -2.21. The van der Waals surface area contributed by atoms with Gasteiger partial charge in [0, 0.05) is 39.1 Å². The number of sulfone groups is 1. The number of aromatic nitrogens is 3. The van der Waals surface area contributed by atoms with E-state index >= 15 is 0 Å². The van der Waals surface area contributed by atoms with Gasteiger partial charge in [0.1, 0.15) is 0 Å². The van der Waals surface area contributed by atoms with Crippen molar-refractivity contribution in [2.45, 2.75) is 44.6 Å². The van der Waals surface area contributed by atoms with Crippen molar-refractivity contribution in [3.05, 3.63) is 42.0 Å². The molecule has 0 aromatic carbocycles. The molecule has 1 fully saturated rings. The van der Waals surface area contributed by atoms with E-state index in [1.165, 1.54) is 5.56 Å². The highest BCUT2D eigenvalue weighted by atomic mass is 32.2. The van der Waals surface area contributed by atoms with Crippen LogP contribution in [-0.4, -0.2) is 53.9 Å². The highest BCUT2D eigenvalue weighted by molar-refractivity contribution is 7.91. The van der Waals surface area contributed by atoms with Gasteiger partial charge in [-0.3, -0.25) is 9.88 Å². The monoisotopic (exact) mass is 392 g/mol. The molecular weight excluding hydrogens is 364 g/mol. The van der Waals surface area contributed by atoms with Crippen LogP contribution in [0.2, 0.25) is 0 Å². The van der Waals surface area contributed by atoms with Crippen molar-refractivity contribution in [3.8, 4) is 0 Å². The Kier molecular flexibility index (Phi) is 6.62. The molecule has 1 saturated carbocycles. The summed E-state index contributed by atoms with van der Waals surface area (Å²) in [7, 11) is -1.75. The first-order valence-electron chi connectivity index (χ1n) is 9.41. The molecular formula is C19H28N4O3S. The zero-order valence-electron chi connectivity index (χ0n) is 16.0. The molecule has 2 aromatic rings. The Morgan fingerprint density at radius 3 is 2.63 bits per heavy atom. The number of methoxy groups -OCH3 is 1. The molecule has 0 saturated heterocycles. The number of hydrogen-bond acceptors (Lipinski definition) is 6. The summed E-state index contributed by atoms with van der Waals surface area (Å²) in [5, 5.41) is 0.182. The van der Waals surface area contributed by atoms with Crippen LogP contribution in [0.3, 0.4) is 0 Å². The maximum absolute atomic E-state index is 12.8. The van der Waals surface area contributed by atoms with Crippen LogP contribution in [-0.2, 0) is 34.2 Å². The van der Waals surface area contributed by atoms with Crippen LogP contribution < -0.4 is 0 Å². The third-order valence-electron chi connectivity index (χ3n) is 4.84. The number of nitrogens with zero attached hydrogens (tertiary/aromatic N) is 4. The highest BCUT2D eigenvalue weighted by Gasteiger charge is 2.32. The Labute approximate surface area is 161 Å². The van der Waals surface area contributed by atoms with Crippen LogP contribution >= 0.6 is 0 Å². The van der Waals surface area contributed by atoms with Gasteiger partial charge in [0.05, 0.1) is 24.3 Å². The van der Waals surface area contributed by atoms with Crippen LogP contribution in [0.1, 0.15) is 31.0 Å². The van der Waals surface area contributed by atoms with Crippen molar-refractivity contribution in [2.75, 3.05) is 26.0 Å². The van der Waals surface area contributed by atoms with Crippen molar-refractivity contribution in [1.82, 2.24) is 19.4 Å². The predicted octanol–water partition coefficient (Wildman–Crippen LogP) is 2.13. The van der Waals surface area contributed by atoms with E-state index in [2.05, 4.69) is 21.8 Å². The summed E-state index contributed by atoms with van der Waals surface area (Å²) in [5.41, 5.74) is 2.08. The van der Waals surface area contributed by atoms with E-state index in [9.17, 15) is 8.42 Å². The number of rotatable bonds is 11. The van der Waals surface area contributed by atoms with Gasteiger partial charge in [-0.15, -0.1) is 0 Å². The summed E-state index contributed by atoms with van der Waals surface area (Å²) >= 11 is 0. The Balaban J connectivity index is 1.80. The van der Waals surface area contributed by atoms with Crippen molar-refractivity contribution in [3.63, 3.8) is 0 Å². The largest absolute Gasteiger partial charge is 0.383 e. The molecule has 0 unspecified atom stereocenters. The summed E-state index contributed by atoms with van der Waals surface area (Å²) < 4.78 is 32.6. The van der Waals surface area contributed by atoms with E-state index in [0.29, 0.717) is 25.6 Å². The molecule has 0 spiro atoms. The molecule has 0 atom stereocenters. The zero-order chi connectivity index (χ0) is 19.3. The van der Waals surface area contributed by atoms with E-state index in [-0.39, 0.29) is 10.9 Å². The first-order chi connectivity index (χ1) is 13.0. The van der Waals surface area contributed by atoms with Gasteiger partial charge in [-0.2, -0.15) is 0 Å². The van der Waals surface area contributed by atoms with Crippen LogP contribution in [0, 0.1) is 5.92 Å². The zero-order valence-corrected chi connectivity index (χ0v) is 16.9. The fraction of sp³-hybridized carbons (Fsp3) is 0.579. The van der Waals surface area contributed by atoms with E-state index in [1.807, 2.05) is 16.7 Å². The summed E-state index contributed by atoms with van der Waals surface area (Å²) in [6.07, 6.45) is 7.27. The number of hydrogen-bond donors (Lipinski definition) is 0. The lowest BCUT2D eigenvalue weighted by Crippen LogP contribution is -2.25. The summed E-state index contributed by atoms with van der Waals surface area (Å²) in [5.74, 6) is 0.496. The topological polar surface area (TPSA) is 77.3 Å². The molecule has 2 heterocycles. The molecule has 1 aliphatic rings. The smallest absolute Gasteiger partial charge is 0.227 e. The minimum absolute atomic E-state index is 0.182. The highest BCUT2D eigenvalue weighted by Crippen LogP contribution is 2.32. The van der Waals surface area contributed by atoms with E-state index in [0.717, 1.165) is 31.6 Å². The molecule has 1 aliphatic carbocycles. The molecule has 0 bridgehead atoms. The second kappa shape index (κ2) is 8.95. The minimum atomic E-state index is -3.37. The molecule has 3 rings (SSSR count). The maximum atomic E-state index is 12.8. The van der Waals surface area contributed by atoms with Gasteiger partial charge in [0.2, 0.25) is 15.0 Å². The SMILES string of the molecule is CCN(Cc1ccncc1)Cc1cnc(S(=O)(=O)CC2CC2)n1CCOC. The van der Waals surface area contributed by atoms with E-state index in [4.69, 9.17) is 4.74 Å². The van der Waals surface area contributed by atoms with Gasteiger partial charge in [-0.25, -0.2) is 13.4 Å². The molecule has 0 radical (unpaired) electrons. The third-order valence-corrected chi connectivity index (χ3v) is 6.63. The van der Waals surface area contributed by atoms with Crippen molar-refractivity contribution < 1.29 is 13.2 Å². The van der Waals surface area contributed by atoms with Crippen molar-refractivity contribution >= 4 is 9.84 Å². The van der Waals surface area contributed by atoms with Crippen LogP contribution in [0.5, 0.6) is 0 Å². The fourth-order valence-electron chi connectivity index (χ4n) is 3.11. The summed E-state index contributed by atoms with van der Waals surface area (Å²) in [6, 6.07) is 3.99. The first kappa shape index (κ1) is 20.0. The average Bonchev–Trinajstić information content (AvgIpc) is 3.37. The maximum Gasteiger partial charge on any atom is 0.227 e. The minimum Gasteiger partial charge on any atom is -0.383 e.